The third kappa shape index (κ3) is 3.36. The zero-order valence-electron chi connectivity index (χ0n) is 9.98. The number of hydrogen-bond acceptors (Lipinski definition) is 4. The molecule has 3 N–H and O–H groups in total. The molecule has 2 rings (SSSR count). The Morgan fingerprint density at radius 3 is 2.88 bits per heavy atom. The van der Waals surface area contributed by atoms with Crippen molar-refractivity contribution in [2.24, 2.45) is 5.73 Å². The van der Waals surface area contributed by atoms with E-state index < -0.39 is 0 Å². The first-order valence-electron chi connectivity index (χ1n) is 6.28. The van der Waals surface area contributed by atoms with E-state index >= 15 is 0 Å². The van der Waals surface area contributed by atoms with Gasteiger partial charge in [-0.25, -0.2) is 0 Å². The smallest absolute Gasteiger partial charge is 0.289 e. The number of nitrogens with two attached hydrogens (primary N) is 1. The highest BCUT2D eigenvalue weighted by molar-refractivity contribution is 5.91. The number of carbonyl (C=O) groups is 1. The predicted molar refractivity (Wildman–Crippen MR) is 63.0 cm³/mol. The van der Waals surface area contributed by atoms with Crippen molar-refractivity contribution in [2.45, 2.75) is 44.2 Å². The summed E-state index contributed by atoms with van der Waals surface area (Å²) in [7, 11) is 0. The van der Waals surface area contributed by atoms with E-state index in [4.69, 9.17) is 15.2 Å². The van der Waals surface area contributed by atoms with E-state index in [9.17, 15) is 4.79 Å². The fourth-order valence-corrected chi connectivity index (χ4v) is 2.24. The van der Waals surface area contributed by atoms with E-state index in [0.29, 0.717) is 13.2 Å². The van der Waals surface area contributed by atoms with Crippen LogP contribution >= 0.6 is 0 Å². The standard InChI is InChI=1S/C12H20N2O3/c13-9-4-2-1-3-5-10(9)14-12(15)11-8-16-6-7-17-11/h8-10H,1-7,13H2,(H,14,15). The second-order valence-corrected chi connectivity index (χ2v) is 4.58. The van der Waals surface area contributed by atoms with Crippen molar-refractivity contribution >= 4 is 5.91 Å². The number of rotatable bonds is 2. The van der Waals surface area contributed by atoms with Gasteiger partial charge in [0.2, 0.25) is 5.76 Å². The number of hydrogen-bond donors (Lipinski definition) is 2. The highest BCUT2D eigenvalue weighted by Crippen LogP contribution is 2.17. The topological polar surface area (TPSA) is 73.6 Å². The molecule has 0 saturated heterocycles. The molecule has 1 fully saturated rings. The number of carbonyl (C=O) groups excluding carboxylic acids is 1. The van der Waals surface area contributed by atoms with Gasteiger partial charge in [-0.3, -0.25) is 4.79 Å². The molecule has 0 aromatic rings. The van der Waals surface area contributed by atoms with Gasteiger partial charge in [-0.2, -0.15) is 0 Å². The van der Waals surface area contributed by atoms with Crippen LogP contribution < -0.4 is 11.1 Å². The molecule has 1 heterocycles. The predicted octanol–water partition coefficient (Wildman–Crippen LogP) is 0.651. The first kappa shape index (κ1) is 12.2. The lowest BCUT2D eigenvalue weighted by atomic mass is 10.0. The van der Waals surface area contributed by atoms with Gasteiger partial charge in [0.25, 0.3) is 5.91 Å². The molecule has 1 saturated carbocycles. The Labute approximate surface area is 101 Å². The van der Waals surface area contributed by atoms with Crippen molar-refractivity contribution in [1.29, 1.82) is 0 Å². The van der Waals surface area contributed by atoms with Crippen LogP contribution in [0.4, 0.5) is 0 Å². The Kier molecular flexibility index (Phi) is 4.25. The Morgan fingerprint density at radius 1 is 1.29 bits per heavy atom. The monoisotopic (exact) mass is 240 g/mol. The highest BCUT2D eigenvalue weighted by atomic mass is 16.6. The largest absolute Gasteiger partial charge is 0.494 e. The highest BCUT2D eigenvalue weighted by Gasteiger charge is 2.24. The van der Waals surface area contributed by atoms with E-state index in [1.165, 1.54) is 12.7 Å². The maximum absolute atomic E-state index is 11.9. The van der Waals surface area contributed by atoms with Crippen molar-refractivity contribution in [3.8, 4) is 0 Å². The van der Waals surface area contributed by atoms with Gasteiger partial charge in [0.05, 0.1) is 0 Å². The summed E-state index contributed by atoms with van der Waals surface area (Å²) >= 11 is 0. The minimum Gasteiger partial charge on any atom is -0.494 e. The lowest BCUT2D eigenvalue weighted by molar-refractivity contribution is -0.123. The second-order valence-electron chi connectivity index (χ2n) is 4.58. The zero-order chi connectivity index (χ0) is 12.1. The fraction of sp³-hybridized carbons (Fsp3) is 0.750. The Balaban J connectivity index is 1.90. The molecular weight excluding hydrogens is 220 g/mol. The van der Waals surface area contributed by atoms with Crippen molar-refractivity contribution in [3.63, 3.8) is 0 Å². The summed E-state index contributed by atoms with van der Waals surface area (Å²) in [5.41, 5.74) is 6.05. The quantitative estimate of drug-likeness (QED) is 0.695. The van der Waals surface area contributed by atoms with Gasteiger partial charge < -0.3 is 20.5 Å². The van der Waals surface area contributed by atoms with Crippen LogP contribution in [0.25, 0.3) is 0 Å². The first-order chi connectivity index (χ1) is 8.27. The van der Waals surface area contributed by atoms with Crippen LogP contribution in [0.2, 0.25) is 0 Å². The SMILES string of the molecule is NC1CCCCCC1NC(=O)C1=COCCO1. The van der Waals surface area contributed by atoms with Crippen LogP contribution in [-0.4, -0.2) is 31.2 Å². The van der Waals surface area contributed by atoms with E-state index in [-0.39, 0.29) is 23.8 Å². The first-order valence-corrected chi connectivity index (χ1v) is 6.28. The summed E-state index contributed by atoms with van der Waals surface area (Å²) < 4.78 is 10.3. The van der Waals surface area contributed by atoms with Crippen molar-refractivity contribution in [2.75, 3.05) is 13.2 Å². The van der Waals surface area contributed by atoms with Gasteiger partial charge in [0.1, 0.15) is 19.5 Å². The number of nitrogens with one attached hydrogen (secondary N) is 1. The van der Waals surface area contributed by atoms with Gasteiger partial charge in [0.15, 0.2) is 0 Å². The summed E-state index contributed by atoms with van der Waals surface area (Å²) in [6.45, 7) is 0.926. The molecular formula is C12H20N2O3. The van der Waals surface area contributed by atoms with Crippen molar-refractivity contribution < 1.29 is 14.3 Å². The van der Waals surface area contributed by atoms with Gasteiger partial charge in [-0.15, -0.1) is 0 Å². The van der Waals surface area contributed by atoms with Crippen LogP contribution in [0.3, 0.4) is 0 Å². The minimum atomic E-state index is -0.216. The second kappa shape index (κ2) is 5.91. The molecule has 0 radical (unpaired) electrons. The molecule has 1 amide bonds. The van der Waals surface area contributed by atoms with Crippen molar-refractivity contribution in [3.05, 3.63) is 12.0 Å². The molecule has 1 aliphatic heterocycles. The molecule has 0 aromatic carbocycles. The summed E-state index contributed by atoms with van der Waals surface area (Å²) in [6.07, 6.45) is 6.76. The van der Waals surface area contributed by atoms with Gasteiger partial charge in [-0.05, 0) is 12.8 Å². The summed E-state index contributed by atoms with van der Waals surface area (Å²) in [6, 6.07) is 0.1000. The van der Waals surface area contributed by atoms with Crippen LogP contribution in [0.1, 0.15) is 32.1 Å². The minimum absolute atomic E-state index is 0.0477. The van der Waals surface area contributed by atoms with E-state index in [2.05, 4.69) is 5.32 Å². The number of ether oxygens (including phenoxy) is 2. The van der Waals surface area contributed by atoms with Crippen LogP contribution in [-0.2, 0) is 14.3 Å². The Hall–Kier alpha value is -1.23. The molecule has 2 aliphatic rings. The van der Waals surface area contributed by atoms with Crippen LogP contribution in [0, 0.1) is 0 Å². The maximum atomic E-state index is 11.9. The Bertz CT molecular complexity index is 304. The third-order valence-electron chi connectivity index (χ3n) is 3.26. The lowest BCUT2D eigenvalue weighted by Gasteiger charge is -2.24. The number of amides is 1. The summed E-state index contributed by atoms with van der Waals surface area (Å²) in [5, 5.41) is 2.94. The van der Waals surface area contributed by atoms with E-state index in [0.717, 1.165) is 25.7 Å². The average molecular weight is 240 g/mol. The zero-order valence-corrected chi connectivity index (χ0v) is 9.98. The molecule has 96 valence electrons. The third-order valence-corrected chi connectivity index (χ3v) is 3.26. The molecule has 0 bridgehead atoms. The van der Waals surface area contributed by atoms with Crippen LogP contribution in [0.5, 0.6) is 0 Å². The van der Waals surface area contributed by atoms with Crippen molar-refractivity contribution in [1.82, 2.24) is 5.32 Å². The molecule has 5 heteroatoms. The summed E-state index contributed by atoms with van der Waals surface area (Å²) in [4.78, 5) is 11.9. The fourth-order valence-electron chi connectivity index (χ4n) is 2.24. The average Bonchev–Trinajstić information content (AvgIpc) is 2.56. The molecule has 1 aliphatic carbocycles. The normalized spacial score (nSPS) is 29.4. The van der Waals surface area contributed by atoms with Gasteiger partial charge in [0, 0.05) is 12.1 Å². The maximum Gasteiger partial charge on any atom is 0.289 e. The molecule has 5 nitrogen and oxygen atoms in total. The molecule has 17 heavy (non-hydrogen) atoms. The summed E-state index contributed by atoms with van der Waals surface area (Å²) in [5.74, 6) is 0.0414. The Morgan fingerprint density at radius 2 is 2.12 bits per heavy atom. The van der Waals surface area contributed by atoms with Gasteiger partial charge in [-0.1, -0.05) is 19.3 Å². The molecule has 2 atom stereocenters. The molecule has 0 spiro atoms. The van der Waals surface area contributed by atoms with Crippen LogP contribution in [0.15, 0.2) is 12.0 Å². The van der Waals surface area contributed by atoms with Gasteiger partial charge >= 0.3 is 0 Å². The lowest BCUT2D eigenvalue weighted by Crippen LogP contribution is -2.47. The van der Waals surface area contributed by atoms with E-state index in [1.807, 2.05) is 0 Å². The molecule has 2 unspecified atom stereocenters. The molecule has 0 aromatic heterocycles. The van der Waals surface area contributed by atoms with E-state index in [1.54, 1.807) is 0 Å².